The van der Waals surface area contributed by atoms with E-state index in [1.54, 1.807) is 12.1 Å². The van der Waals surface area contributed by atoms with E-state index in [2.05, 4.69) is 10.1 Å². The summed E-state index contributed by atoms with van der Waals surface area (Å²) < 4.78 is 23.6. The van der Waals surface area contributed by atoms with Crippen LogP contribution in [0.5, 0.6) is 5.75 Å². The number of hydrogen-bond acceptors (Lipinski definition) is 5. The molecule has 0 fully saturated rings. The molecule has 7 heteroatoms. The zero-order valence-electron chi connectivity index (χ0n) is 11.4. The lowest BCUT2D eigenvalue weighted by Gasteiger charge is -2.02. The van der Waals surface area contributed by atoms with Crippen LogP contribution in [-0.2, 0) is 0 Å². The van der Waals surface area contributed by atoms with Crippen molar-refractivity contribution < 1.29 is 13.7 Å². The third kappa shape index (κ3) is 3.03. The second-order valence-corrected chi connectivity index (χ2v) is 5.64. The van der Waals surface area contributed by atoms with Crippen molar-refractivity contribution in [3.63, 3.8) is 0 Å². The van der Waals surface area contributed by atoms with Crippen LogP contribution in [0.3, 0.4) is 0 Å². The first-order valence-corrected chi connectivity index (χ1v) is 7.52. The molecule has 0 saturated heterocycles. The van der Waals surface area contributed by atoms with Crippen LogP contribution < -0.4 is 4.74 Å². The Labute approximate surface area is 134 Å². The highest BCUT2D eigenvalue weighted by Gasteiger charge is 2.12. The van der Waals surface area contributed by atoms with Gasteiger partial charge in [-0.15, -0.1) is 11.3 Å². The van der Waals surface area contributed by atoms with Gasteiger partial charge < -0.3 is 9.26 Å². The Morgan fingerprint density at radius 1 is 1.41 bits per heavy atom. The van der Waals surface area contributed by atoms with Crippen LogP contribution in [0.1, 0.15) is 11.5 Å². The van der Waals surface area contributed by atoms with Crippen molar-refractivity contribution in [3.05, 3.63) is 53.0 Å². The van der Waals surface area contributed by atoms with E-state index in [0.717, 1.165) is 4.88 Å². The minimum absolute atomic E-state index is 0.172. The van der Waals surface area contributed by atoms with Gasteiger partial charge in [-0.1, -0.05) is 28.9 Å². The Morgan fingerprint density at radius 2 is 2.27 bits per heavy atom. The summed E-state index contributed by atoms with van der Waals surface area (Å²) in [6.45, 7) is 0. The van der Waals surface area contributed by atoms with E-state index < -0.39 is 5.82 Å². The first kappa shape index (κ1) is 14.7. The highest BCUT2D eigenvalue weighted by Crippen LogP contribution is 2.27. The van der Waals surface area contributed by atoms with E-state index >= 15 is 0 Å². The summed E-state index contributed by atoms with van der Waals surface area (Å²) in [6, 6.07) is 8.30. The van der Waals surface area contributed by atoms with Gasteiger partial charge in [0.05, 0.1) is 12.0 Å². The molecular weight excluding hydrogens is 327 g/mol. The minimum Gasteiger partial charge on any atom is -0.494 e. The molecule has 0 saturated carbocycles. The fourth-order valence-corrected chi connectivity index (χ4v) is 2.66. The molecule has 0 radical (unpaired) electrons. The van der Waals surface area contributed by atoms with Gasteiger partial charge in [0, 0.05) is 0 Å². The number of aromatic nitrogens is 2. The fraction of sp³-hybridized carbons (Fsp3) is 0.0667. The lowest BCUT2D eigenvalue weighted by Crippen LogP contribution is -1.88. The predicted molar refractivity (Wildman–Crippen MR) is 84.3 cm³/mol. The second-order valence-electron chi connectivity index (χ2n) is 4.29. The quantitative estimate of drug-likeness (QED) is 0.694. The van der Waals surface area contributed by atoms with Gasteiger partial charge in [-0.05, 0) is 35.2 Å². The number of rotatable bonds is 4. The smallest absolute Gasteiger partial charge is 0.269 e. The highest BCUT2D eigenvalue weighted by atomic mass is 35.5. The molecule has 0 bridgehead atoms. The SMILES string of the molecule is COc1ccc(/C=C(\Cl)c2nc(-c3cccs3)no2)cc1F. The molecule has 4 nitrogen and oxygen atoms in total. The average molecular weight is 337 g/mol. The summed E-state index contributed by atoms with van der Waals surface area (Å²) in [7, 11) is 1.41. The topological polar surface area (TPSA) is 48.2 Å². The number of halogens is 2. The van der Waals surface area contributed by atoms with Gasteiger partial charge in [0.1, 0.15) is 5.03 Å². The van der Waals surface area contributed by atoms with E-state index in [4.69, 9.17) is 20.9 Å². The first-order chi connectivity index (χ1) is 10.7. The number of nitrogens with zero attached hydrogens (tertiary/aromatic N) is 2. The molecule has 1 aromatic carbocycles. The van der Waals surface area contributed by atoms with Gasteiger partial charge in [-0.25, -0.2) is 4.39 Å². The fourth-order valence-electron chi connectivity index (χ4n) is 1.81. The summed E-state index contributed by atoms with van der Waals surface area (Å²) in [5, 5.41) is 6.03. The van der Waals surface area contributed by atoms with Crippen LogP contribution in [0.4, 0.5) is 4.39 Å². The molecule has 0 aliphatic rings. The molecular formula is C15H10ClFN2O2S. The number of benzene rings is 1. The molecule has 2 aromatic heterocycles. The van der Waals surface area contributed by atoms with E-state index in [-0.39, 0.29) is 16.7 Å². The molecule has 3 aromatic rings. The van der Waals surface area contributed by atoms with Crippen molar-refractivity contribution in [1.82, 2.24) is 10.1 Å². The third-order valence-electron chi connectivity index (χ3n) is 2.84. The summed E-state index contributed by atoms with van der Waals surface area (Å²) in [6.07, 6.45) is 1.55. The Hall–Kier alpha value is -2.18. The van der Waals surface area contributed by atoms with Crippen molar-refractivity contribution in [2.45, 2.75) is 0 Å². The van der Waals surface area contributed by atoms with Gasteiger partial charge in [-0.3, -0.25) is 0 Å². The number of thiophene rings is 1. The van der Waals surface area contributed by atoms with E-state index in [1.165, 1.54) is 30.6 Å². The summed E-state index contributed by atoms with van der Waals surface area (Å²) >= 11 is 7.66. The Morgan fingerprint density at radius 3 is 2.95 bits per heavy atom. The van der Waals surface area contributed by atoms with Crippen LogP contribution in [0.2, 0.25) is 0 Å². The van der Waals surface area contributed by atoms with Crippen LogP contribution in [0.25, 0.3) is 21.8 Å². The maximum absolute atomic E-state index is 13.6. The normalized spacial score (nSPS) is 11.7. The molecule has 22 heavy (non-hydrogen) atoms. The average Bonchev–Trinajstić information content (AvgIpc) is 3.18. The van der Waals surface area contributed by atoms with Gasteiger partial charge >= 0.3 is 0 Å². The lowest BCUT2D eigenvalue weighted by molar-refractivity contribution is 0.386. The van der Waals surface area contributed by atoms with Gasteiger partial charge in [0.15, 0.2) is 11.6 Å². The highest BCUT2D eigenvalue weighted by molar-refractivity contribution is 7.13. The number of methoxy groups -OCH3 is 1. The number of hydrogen-bond donors (Lipinski definition) is 0. The van der Waals surface area contributed by atoms with Crippen LogP contribution in [-0.4, -0.2) is 17.3 Å². The van der Waals surface area contributed by atoms with Gasteiger partial charge in [0.2, 0.25) is 5.82 Å². The van der Waals surface area contributed by atoms with E-state index in [0.29, 0.717) is 11.4 Å². The minimum atomic E-state index is -0.467. The monoisotopic (exact) mass is 336 g/mol. The van der Waals surface area contributed by atoms with Crippen molar-refractivity contribution in [2.75, 3.05) is 7.11 Å². The van der Waals surface area contributed by atoms with Crippen molar-refractivity contribution in [1.29, 1.82) is 0 Å². The molecule has 0 N–H and O–H groups in total. The van der Waals surface area contributed by atoms with Crippen LogP contribution in [0, 0.1) is 5.82 Å². The zero-order chi connectivity index (χ0) is 15.5. The summed E-state index contributed by atoms with van der Waals surface area (Å²) in [5.41, 5.74) is 0.569. The molecule has 3 rings (SSSR count). The molecule has 0 amide bonds. The lowest BCUT2D eigenvalue weighted by atomic mass is 10.2. The standard InChI is InChI=1S/C15H10ClFN2O2S/c1-20-12-5-4-9(8-11(12)17)7-10(16)15-18-14(19-21-15)13-3-2-6-22-13/h2-8H,1H3/b10-7-. The largest absolute Gasteiger partial charge is 0.494 e. The van der Waals surface area contributed by atoms with Crippen molar-refractivity contribution >= 4 is 34.0 Å². The molecule has 2 heterocycles. The van der Waals surface area contributed by atoms with Crippen molar-refractivity contribution in [3.8, 4) is 16.5 Å². The Balaban J connectivity index is 1.87. The molecule has 0 aliphatic heterocycles. The molecule has 0 unspecified atom stereocenters. The van der Waals surface area contributed by atoms with Gasteiger partial charge in [-0.2, -0.15) is 4.98 Å². The predicted octanol–water partition coefficient (Wildman–Crippen LogP) is 4.68. The molecule has 112 valence electrons. The second kappa shape index (κ2) is 6.29. The summed E-state index contributed by atoms with van der Waals surface area (Å²) in [5.74, 6) is 0.357. The van der Waals surface area contributed by atoms with E-state index in [1.807, 2.05) is 17.5 Å². The summed E-state index contributed by atoms with van der Waals surface area (Å²) in [4.78, 5) is 5.10. The van der Waals surface area contributed by atoms with E-state index in [9.17, 15) is 4.39 Å². The molecule has 0 aliphatic carbocycles. The maximum Gasteiger partial charge on any atom is 0.269 e. The first-order valence-electron chi connectivity index (χ1n) is 6.26. The van der Waals surface area contributed by atoms with Crippen LogP contribution >= 0.6 is 22.9 Å². The zero-order valence-corrected chi connectivity index (χ0v) is 13.0. The van der Waals surface area contributed by atoms with Crippen LogP contribution in [0.15, 0.2) is 40.2 Å². The Kier molecular flexibility index (Phi) is 4.22. The molecule has 0 spiro atoms. The maximum atomic E-state index is 13.6. The van der Waals surface area contributed by atoms with Gasteiger partial charge in [0.25, 0.3) is 5.89 Å². The van der Waals surface area contributed by atoms with Crippen molar-refractivity contribution in [2.24, 2.45) is 0 Å². The number of ether oxygens (including phenoxy) is 1. The third-order valence-corrected chi connectivity index (χ3v) is 3.98. The molecule has 0 atom stereocenters. The Bertz CT molecular complexity index is 815.